The molecule has 8 nitrogen and oxygen atoms in total. The maximum Gasteiger partial charge on any atom is 0.259 e. The number of aromatic nitrogens is 2. The summed E-state index contributed by atoms with van der Waals surface area (Å²) >= 11 is 1.37. The van der Waals surface area contributed by atoms with Crippen molar-refractivity contribution < 1.29 is 14.3 Å². The van der Waals surface area contributed by atoms with Gasteiger partial charge in [-0.15, -0.1) is 11.3 Å². The predicted molar refractivity (Wildman–Crippen MR) is 115 cm³/mol. The molecule has 3 aromatic rings. The number of carbonyl (C=O) groups is 2. The SMILES string of the molecule is NC(=O)c1sc2ccccc2c1[C@@H]1CN(C(=O)CCCNc2ncccn2)CCO1. The van der Waals surface area contributed by atoms with Crippen LogP contribution in [0.3, 0.4) is 0 Å². The van der Waals surface area contributed by atoms with Gasteiger partial charge < -0.3 is 20.7 Å². The van der Waals surface area contributed by atoms with Crippen LogP contribution in [0.1, 0.15) is 34.2 Å². The molecule has 4 rings (SSSR count). The van der Waals surface area contributed by atoms with E-state index in [0.29, 0.717) is 49.9 Å². The van der Waals surface area contributed by atoms with Gasteiger partial charge >= 0.3 is 0 Å². The Kier molecular flexibility index (Phi) is 6.20. The Bertz CT molecular complexity index is 1040. The van der Waals surface area contributed by atoms with E-state index < -0.39 is 5.91 Å². The first-order valence-corrected chi connectivity index (χ1v) is 10.7. The van der Waals surface area contributed by atoms with E-state index >= 15 is 0 Å². The second-order valence-electron chi connectivity index (χ2n) is 7.01. The van der Waals surface area contributed by atoms with E-state index in [4.69, 9.17) is 10.5 Å². The van der Waals surface area contributed by atoms with Crippen molar-refractivity contribution in [3.05, 3.63) is 53.2 Å². The Morgan fingerprint density at radius 1 is 1.23 bits per heavy atom. The van der Waals surface area contributed by atoms with Gasteiger partial charge in [-0.05, 0) is 23.9 Å². The summed E-state index contributed by atoms with van der Waals surface area (Å²) in [4.78, 5) is 35.3. The fourth-order valence-electron chi connectivity index (χ4n) is 3.61. The second-order valence-corrected chi connectivity index (χ2v) is 8.06. The Hall–Kier alpha value is -3.04. The summed E-state index contributed by atoms with van der Waals surface area (Å²) in [5, 5.41) is 4.07. The van der Waals surface area contributed by atoms with Crippen molar-refractivity contribution in [2.24, 2.45) is 5.73 Å². The maximum atomic E-state index is 12.7. The molecule has 9 heteroatoms. The lowest BCUT2D eigenvalue weighted by Crippen LogP contribution is -2.42. The van der Waals surface area contributed by atoms with Crippen molar-refractivity contribution in [3.63, 3.8) is 0 Å². The highest BCUT2D eigenvalue weighted by molar-refractivity contribution is 7.21. The van der Waals surface area contributed by atoms with Gasteiger partial charge in [0.15, 0.2) is 0 Å². The average molecular weight is 426 g/mol. The van der Waals surface area contributed by atoms with Crippen LogP contribution in [0.2, 0.25) is 0 Å². The first kappa shape index (κ1) is 20.2. The van der Waals surface area contributed by atoms with Crippen LogP contribution in [0.5, 0.6) is 0 Å². The maximum absolute atomic E-state index is 12.7. The van der Waals surface area contributed by atoms with E-state index in [1.807, 2.05) is 29.2 Å². The Morgan fingerprint density at radius 3 is 2.83 bits per heavy atom. The van der Waals surface area contributed by atoms with Gasteiger partial charge in [-0.1, -0.05) is 18.2 Å². The van der Waals surface area contributed by atoms with E-state index in [-0.39, 0.29) is 12.0 Å². The number of benzene rings is 1. The lowest BCUT2D eigenvalue weighted by molar-refractivity contribution is -0.139. The minimum Gasteiger partial charge on any atom is -0.370 e. The third kappa shape index (κ3) is 4.42. The summed E-state index contributed by atoms with van der Waals surface area (Å²) in [7, 11) is 0. The van der Waals surface area contributed by atoms with Crippen LogP contribution >= 0.6 is 11.3 Å². The van der Waals surface area contributed by atoms with Crippen LogP contribution in [0.4, 0.5) is 5.95 Å². The first-order valence-electron chi connectivity index (χ1n) is 9.85. The molecule has 3 N–H and O–H groups in total. The normalized spacial score (nSPS) is 16.5. The molecule has 1 aliphatic rings. The molecular formula is C21H23N5O3S. The molecule has 30 heavy (non-hydrogen) atoms. The molecule has 0 bridgehead atoms. The molecule has 0 spiro atoms. The van der Waals surface area contributed by atoms with Crippen LogP contribution in [-0.4, -0.2) is 52.9 Å². The Balaban J connectivity index is 1.40. The largest absolute Gasteiger partial charge is 0.370 e. The highest BCUT2D eigenvalue weighted by Gasteiger charge is 2.30. The molecule has 2 aromatic heterocycles. The van der Waals surface area contributed by atoms with Crippen LogP contribution in [-0.2, 0) is 9.53 Å². The molecule has 2 amide bonds. The van der Waals surface area contributed by atoms with Gasteiger partial charge in [0.05, 0.1) is 18.0 Å². The topological polar surface area (TPSA) is 110 Å². The van der Waals surface area contributed by atoms with Crippen molar-refractivity contribution in [2.75, 3.05) is 31.6 Å². The molecular weight excluding hydrogens is 402 g/mol. The smallest absolute Gasteiger partial charge is 0.259 e. The van der Waals surface area contributed by atoms with Gasteiger partial charge in [-0.25, -0.2) is 9.97 Å². The number of amides is 2. The van der Waals surface area contributed by atoms with E-state index in [2.05, 4.69) is 15.3 Å². The number of nitrogens with zero attached hydrogens (tertiary/aromatic N) is 3. The molecule has 1 atom stereocenters. The number of primary amides is 1. The van der Waals surface area contributed by atoms with Crippen molar-refractivity contribution in [1.82, 2.24) is 14.9 Å². The number of rotatable bonds is 7. The standard InChI is InChI=1S/C21H23N5O3S/c22-20(28)19-18(14-5-1-2-6-16(14)30-19)15-13-26(11-12-29-15)17(27)7-3-8-23-21-24-9-4-10-25-21/h1-2,4-6,9-10,15H,3,7-8,11-13H2,(H2,22,28)(H,23,24,25)/t15-/m0/s1. The van der Waals surface area contributed by atoms with Gasteiger partial charge in [-0.2, -0.15) is 0 Å². The minimum atomic E-state index is -0.465. The number of hydrogen-bond acceptors (Lipinski definition) is 7. The molecule has 1 fully saturated rings. The summed E-state index contributed by atoms with van der Waals surface area (Å²) in [6.07, 6.45) is 4.07. The molecule has 3 heterocycles. The highest BCUT2D eigenvalue weighted by atomic mass is 32.1. The van der Waals surface area contributed by atoms with E-state index in [0.717, 1.165) is 15.6 Å². The zero-order valence-electron chi connectivity index (χ0n) is 16.4. The third-order valence-corrected chi connectivity index (χ3v) is 6.22. The van der Waals surface area contributed by atoms with Gasteiger partial charge in [0.2, 0.25) is 11.9 Å². The number of fused-ring (bicyclic) bond motifs is 1. The summed E-state index contributed by atoms with van der Waals surface area (Å²) in [6, 6.07) is 9.54. The van der Waals surface area contributed by atoms with Crippen molar-refractivity contribution in [2.45, 2.75) is 18.9 Å². The number of anilines is 1. The number of nitrogens with one attached hydrogen (secondary N) is 1. The lowest BCUT2D eigenvalue weighted by atomic mass is 10.0. The van der Waals surface area contributed by atoms with E-state index in [1.54, 1.807) is 18.5 Å². The lowest BCUT2D eigenvalue weighted by Gasteiger charge is -2.33. The molecule has 0 saturated carbocycles. The van der Waals surface area contributed by atoms with E-state index in [1.165, 1.54) is 11.3 Å². The van der Waals surface area contributed by atoms with Crippen LogP contribution in [0.25, 0.3) is 10.1 Å². The average Bonchev–Trinajstić information content (AvgIpc) is 3.17. The summed E-state index contributed by atoms with van der Waals surface area (Å²) in [5.74, 6) is 0.159. The van der Waals surface area contributed by atoms with Crippen molar-refractivity contribution >= 4 is 39.2 Å². The van der Waals surface area contributed by atoms with Crippen molar-refractivity contribution in [1.29, 1.82) is 0 Å². The van der Waals surface area contributed by atoms with Crippen LogP contribution in [0.15, 0.2) is 42.7 Å². The fraction of sp³-hybridized carbons (Fsp3) is 0.333. The monoisotopic (exact) mass is 425 g/mol. The van der Waals surface area contributed by atoms with Gasteiger partial charge in [0.25, 0.3) is 5.91 Å². The second kappa shape index (κ2) is 9.19. The molecule has 1 aliphatic heterocycles. The number of thiophene rings is 1. The summed E-state index contributed by atoms with van der Waals surface area (Å²) < 4.78 is 6.95. The predicted octanol–water partition coefficient (Wildman–Crippen LogP) is 2.58. The van der Waals surface area contributed by atoms with E-state index in [9.17, 15) is 9.59 Å². The quantitative estimate of drug-likeness (QED) is 0.563. The number of ether oxygens (including phenoxy) is 1. The first-order chi connectivity index (χ1) is 14.6. The van der Waals surface area contributed by atoms with Crippen LogP contribution < -0.4 is 11.1 Å². The fourth-order valence-corrected chi connectivity index (χ4v) is 4.71. The number of morpholine rings is 1. The van der Waals surface area contributed by atoms with Gasteiger partial charge in [0, 0.05) is 42.2 Å². The van der Waals surface area contributed by atoms with Crippen LogP contribution in [0, 0.1) is 0 Å². The molecule has 1 aromatic carbocycles. The summed E-state index contributed by atoms with van der Waals surface area (Å²) in [5.41, 5.74) is 6.42. The third-order valence-electron chi connectivity index (χ3n) is 5.02. The zero-order valence-corrected chi connectivity index (χ0v) is 17.2. The minimum absolute atomic E-state index is 0.0687. The Morgan fingerprint density at radius 2 is 2.03 bits per heavy atom. The summed E-state index contributed by atoms with van der Waals surface area (Å²) in [6.45, 7) is 1.99. The van der Waals surface area contributed by atoms with Crippen molar-refractivity contribution in [3.8, 4) is 0 Å². The van der Waals surface area contributed by atoms with Gasteiger partial charge in [0.1, 0.15) is 6.10 Å². The molecule has 0 aliphatic carbocycles. The number of carbonyl (C=O) groups excluding carboxylic acids is 2. The molecule has 0 radical (unpaired) electrons. The molecule has 0 unspecified atom stereocenters. The molecule has 156 valence electrons. The van der Waals surface area contributed by atoms with Gasteiger partial charge in [-0.3, -0.25) is 9.59 Å². The number of nitrogens with two attached hydrogens (primary N) is 1. The Labute approximate surface area is 178 Å². The zero-order chi connectivity index (χ0) is 20.9. The highest BCUT2D eigenvalue weighted by Crippen LogP contribution is 2.38. The number of hydrogen-bond donors (Lipinski definition) is 2. The molecule has 1 saturated heterocycles.